The van der Waals surface area contributed by atoms with Crippen molar-refractivity contribution in [2.45, 2.75) is 18.9 Å². The minimum absolute atomic E-state index is 0.0851. The van der Waals surface area contributed by atoms with Crippen LogP contribution in [-0.2, 0) is 11.2 Å². The summed E-state index contributed by atoms with van der Waals surface area (Å²) in [6.07, 6.45) is 5.13. The predicted octanol–water partition coefficient (Wildman–Crippen LogP) is 4.66. The Morgan fingerprint density at radius 2 is 1.84 bits per heavy atom. The highest BCUT2D eigenvalue weighted by Crippen LogP contribution is 2.39. The molecule has 162 valence electrons. The summed E-state index contributed by atoms with van der Waals surface area (Å²) in [4.78, 5) is 15.7. The Kier molecular flexibility index (Phi) is 4.81. The number of aromatic nitrogens is 4. The van der Waals surface area contributed by atoms with Gasteiger partial charge in [0, 0.05) is 54.1 Å². The first-order chi connectivity index (χ1) is 15.7. The van der Waals surface area contributed by atoms with Gasteiger partial charge in [-0.1, -0.05) is 29.8 Å². The van der Waals surface area contributed by atoms with E-state index in [4.69, 9.17) is 21.3 Å². The van der Waals surface area contributed by atoms with Crippen molar-refractivity contribution in [3.8, 4) is 11.1 Å². The molecule has 0 radical (unpaired) electrons. The highest BCUT2D eigenvalue weighted by Gasteiger charge is 2.29. The standard InChI is InChI=1S/C24H21ClFN5O/c25-18-4-2-1-3-16(18)21-5-6-23-29-20-12-19(26)17(11-22(20)31(21)23)15-13-27-24(28-14-15)30-7-9-32-10-8-30/h1-4,11-14,21H,5-10H2/t21-/m1/s1. The second-order valence-electron chi connectivity index (χ2n) is 8.17. The van der Waals surface area contributed by atoms with E-state index in [-0.39, 0.29) is 11.9 Å². The van der Waals surface area contributed by atoms with Gasteiger partial charge in [0.25, 0.3) is 0 Å². The zero-order valence-corrected chi connectivity index (χ0v) is 18.1. The average Bonchev–Trinajstić information content (AvgIpc) is 3.39. The molecule has 1 atom stereocenters. The Hall–Kier alpha value is -3.03. The summed E-state index contributed by atoms with van der Waals surface area (Å²) in [5.41, 5.74) is 3.74. The van der Waals surface area contributed by atoms with E-state index >= 15 is 4.39 Å². The van der Waals surface area contributed by atoms with E-state index < -0.39 is 0 Å². The summed E-state index contributed by atoms with van der Waals surface area (Å²) < 4.78 is 22.6. The third-order valence-electron chi connectivity index (χ3n) is 6.31. The summed E-state index contributed by atoms with van der Waals surface area (Å²) in [6, 6.07) is 11.3. The van der Waals surface area contributed by atoms with Crippen molar-refractivity contribution in [3.05, 3.63) is 71.0 Å². The summed E-state index contributed by atoms with van der Waals surface area (Å²) in [6.45, 7) is 2.83. The van der Waals surface area contributed by atoms with Crippen molar-refractivity contribution in [2.24, 2.45) is 0 Å². The molecule has 4 heterocycles. The molecular weight excluding hydrogens is 429 g/mol. The van der Waals surface area contributed by atoms with E-state index in [1.165, 1.54) is 6.07 Å². The third-order valence-corrected chi connectivity index (χ3v) is 6.66. The molecule has 1 fully saturated rings. The van der Waals surface area contributed by atoms with Crippen molar-refractivity contribution in [1.82, 2.24) is 19.5 Å². The van der Waals surface area contributed by atoms with Crippen LogP contribution in [0.15, 0.2) is 48.8 Å². The molecule has 0 saturated carbocycles. The molecule has 2 aliphatic rings. The van der Waals surface area contributed by atoms with Crippen molar-refractivity contribution in [1.29, 1.82) is 0 Å². The Morgan fingerprint density at radius 3 is 2.62 bits per heavy atom. The first-order valence-electron chi connectivity index (χ1n) is 10.8. The van der Waals surface area contributed by atoms with Crippen LogP contribution in [0, 0.1) is 5.82 Å². The Morgan fingerprint density at radius 1 is 1.06 bits per heavy atom. The number of imidazole rings is 1. The molecule has 0 N–H and O–H groups in total. The number of halogens is 2. The lowest BCUT2D eigenvalue weighted by molar-refractivity contribution is 0.122. The van der Waals surface area contributed by atoms with Crippen molar-refractivity contribution in [3.63, 3.8) is 0 Å². The van der Waals surface area contributed by atoms with Gasteiger partial charge in [0.1, 0.15) is 11.6 Å². The van der Waals surface area contributed by atoms with E-state index in [1.807, 2.05) is 24.3 Å². The van der Waals surface area contributed by atoms with Crippen LogP contribution in [0.1, 0.15) is 23.9 Å². The largest absolute Gasteiger partial charge is 0.378 e. The molecule has 8 heteroatoms. The fourth-order valence-corrected chi connectivity index (χ4v) is 4.99. The highest BCUT2D eigenvalue weighted by atomic mass is 35.5. The SMILES string of the molecule is Fc1cc2nc3n(c2cc1-c1cnc(N2CCOCC2)nc1)[C@@H](c1ccccc1Cl)CC3. The summed E-state index contributed by atoms with van der Waals surface area (Å²) in [5, 5.41) is 0.738. The minimum Gasteiger partial charge on any atom is -0.378 e. The monoisotopic (exact) mass is 449 g/mol. The Bertz CT molecular complexity index is 1300. The lowest BCUT2D eigenvalue weighted by atomic mass is 10.0. The van der Waals surface area contributed by atoms with Crippen LogP contribution in [0.4, 0.5) is 10.3 Å². The molecule has 0 aliphatic carbocycles. The van der Waals surface area contributed by atoms with Gasteiger partial charge in [-0.25, -0.2) is 19.3 Å². The van der Waals surface area contributed by atoms with Crippen LogP contribution in [-0.4, -0.2) is 45.8 Å². The molecule has 6 nitrogen and oxygen atoms in total. The quantitative estimate of drug-likeness (QED) is 0.455. The fraction of sp³-hybridized carbons (Fsp3) is 0.292. The molecule has 2 aromatic carbocycles. The molecule has 2 aromatic heterocycles. The number of morpholine rings is 1. The average molecular weight is 450 g/mol. The van der Waals surface area contributed by atoms with Crippen molar-refractivity contribution >= 4 is 28.6 Å². The molecule has 0 bridgehead atoms. The molecule has 1 saturated heterocycles. The molecular formula is C24H21ClFN5O. The van der Waals surface area contributed by atoms with E-state index in [0.717, 1.165) is 47.9 Å². The van der Waals surface area contributed by atoms with Gasteiger partial charge >= 0.3 is 0 Å². The number of nitrogens with zero attached hydrogens (tertiary/aromatic N) is 5. The molecule has 4 aromatic rings. The Labute approximate surface area is 189 Å². The topological polar surface area (TPSA) is 56.1 Å². The summed E-state index contributed by atoms with van der Waals surface area (Å²) in [5.74, 6) is 1.27. The van der Waals surface area contributed by atoms with Crippen LogP contribution in [0.25, 0.3) is 22.2 Å². The van der Waals surface area contributed by atoms with Crippen molar-refractivity contribution < 1.29 is 9.13 Å². The molecule has 2 aliphatic heterocycles. The third kappa shape index (κ3) is 3.24. The van der Waals surface area contributed by atoms with Crippen LogP contribution in [0.3, 0.4) is 0 Å². The van der Waals surface area contributed by atoms with E-state index in [9.17, 15) is 0 Å². The number of ether oxygens (including phenoxy) is 1. The van der Waals surface area contributed by atoms with E-state index in [0.29, 0.717) is 35.8 Å². The number of aryl methyl sites for hydroxylation is 1. The number of anilines is 1. The number of rotatable bonds is 3. The van der Waals surface area contributed by atoms with Crippen molar-refractivity contribution in [2.75, 3.05) is 31.2 Å². The van der Waals surface area contributed by atoms with Gasteiger partial charge in [-0.05, 0) is 24.1 Å². The Balaban J connectivity index is 1.41. The number of benzene rings is 2. The molecule has 0 spiro atoms. The smallest absolute Gasteiger partial charge is 0.225 e. The van der Waals surface area contributed by atoms with Gasteiger partial charge < -0.3 is 14.2 Å². The number of hydrogen-bond acceptors (Lipinski definition) is 5. The predicted molar refractivity (Wildman–Crippen MR) is 122 cm³/mol. The van der Waals surface area contributed by atoms with Gasteiger partial charge in [0.05, 0.1) is 30.3 Å². The van der Waals surface area contributed by atoms with Gasteiger partial charge in [-0.2, -0.15) is 0 Å². The maximum absolute atomic E-state index is 15.1. The lowest BCUT2D eigenvalue weighted by Gasteiger charge is -2.26. The summed E-state index contributed by atoms with van der Waals surface area (Å²) >= 11 is 6.50. The zero-order chi connectivity index (χ0) is 21.7. The van der Waals surface area contributed by atoms with Crippen LogP contribution in [0.2, 0.25) is 5.02 Å². The second kappa shape index (κ2) is 7.83. The number of hydrogen-bond donors (Lipinski definition) is 0. The van der Waals surface area contributed by atoms with Gasteiger partial charge in [-0.15, -0.1) is 0 Å². The second-order valence-corrected chi connectivity index (χ2v) is 8.57. The fourth-order valence-electron chi connectivity index (χ4n) is 4.73. The maximum atomic E-state index is 15.1. The van der Waals surface area contributed by atoms with Gasteiger partial charge in [-0.3, -0.25) is 0 Å². The van der Waals surface area contributed by atoms with Crippen LogP contribution >= 0.6 is 11.6 Å². The highest BCUT2D eigenvalue weighted by molar-refractivity contribution is 6.31. The molecule has 32 heavy (non-hydrogen) atoms. The normalized spacial score (nSPS) is 18.3. The van der Waals surface area contributed by atoms with Crippen LogP contribution < -0.4 is 4.90 Å². The van der Waals surface area contributed by atoms with E-state index in [2.05, 4.69) is 25.5 Å². The van der Waals surface area contributed by atoms with Crippen LogP contribution in [0.5, 0.6) is 0 Å². The van der Waals surface area contributed by atoms with Gasteiger partial charge in [0.15, 0.2) is 0 Å². The lowest BCUT2D eigenvalue weighted by Crippen LogP contribution is -2.37. The minimum atomic E-state index is -0.328. The number of fused-ring (bicyclic) bond motifs is 3. The summed E-state index contributed by atoms with van der Waals surface area (Å²) in [7, 11) is 0. The zero-order valence-electron chi connectivity index (χ0n) is 17.3. The molecule has 0 amide bonds. The van der Waals surface area contributed by atoms with E-state index in [1.54, 1.807) is 12.4 Å². The first kappa shape index (κ1) is 19.6. The first-order valence-corrected chi connectivity index (χ1v) is 11.2. The molecule has 0 unspecified atom stereocenters. The molecule has 6 rings (SSSR count). The van der Waals surface area contributed by atoms with Gasteiger partial charge in [0.2, 0.25) is 5.95 Å². The maximum Gasteiger partial charge on any atom is 0.225 e.